The number of carbonyl (C=O) groups excluding carboxylic acids is 3. The quantitative estimate of drug-likeness (QED) is 0.157. The monoisotopic (exact) mass is 572 g/mol. The minimum atomic E-state index is -0.730. The predicted molar refractivity (Wildman–Crippen MR) is 142 cm³/mol. The van der Waals surface area contributed by atoms with Crippen molar-refractivity contribution in [2.75, 3.05) is 26.3 Å². The van der Waals surface area contributed by atoms with Crippen LogP contribution in [0.5, 0.6) is 0 Å². The number of unbranched alkanes of at least 4 members (excludes halogenated alkanes) is 2. The SMILES string of the molecule is C=CCN(CCCCC)C(=O)C1N([C@@H](CO)CC(C)C)C(=O)[C@@H]2[C@H](C(=O)OCC)[C@H]3SC12CC3Br. The molecule has 1 N–H and O–H groups in total. The third-order valence-electron chi connectivity index (χ3n) is 7.56. The van der Waals surface area contributed by atoms with E-state index in [-0.39, 0.29) is 47.0 Å². The van der Waals surface area contributed by atoms with Crippen molar-refractivity contribution >= 4 is 45.5 Å². The largest absolute Gasteiger partial charge is 0.466 e. The molecule has 3 rings (SSSR count). The third-order valence-corrected chi connectivity index (χ3v) is 10.8. The maximum atomic E-state index is 14.3. The third kappa shape index (κ3) is 5.19. The number of amides is 2. The van der Waals surface area contributed by atoms with E-state index in [1.165, 1.54) is 0 Å². The lowest BCUT2D eigenvalue weighted by molar-refractivity contribution is -0.154. The molecule has 3 saturated heterocycles. The van der Waals surface area contributed by atoms with Crippen molar-refractivity contribution in [3.63, 3.8) is 0 Å². The van der Waals surface area contributed by atoms with Gasteiger partial charge in [-0.2, -0.15) is 0 Å². The fourth-order valence-electron chi connectivity index (χ4n) is 6.24. The van der Waals surface area contributed by atoms with Crippen LogP contribution in [0, 0.1) is 17.8 Å². The molecule has 3 heterocycles. The molecule has 0 aromatic rings. The Hall–Kier alpha value is -1.06. The van der Waals surface area contributed by atoms with E-state index in [1.54, 1.807) is 29.7 Å². The van der Waals surface area contributed by atoms with Gasteiger partial charge in [0.05, 0.1) is 35.8 Å². The summed E-state index contributed by atoms with van der Waals surface area (Å²) in [6.07, 6.45) is 5.87. The molecule has 198 valence electrons. The normalized spacial score (nSPS) is 32.1. The van der Waals surface area contributed by atoms with Crippen LogP contribution in [0.15, 0.2) is 12.7 Å². The molecule has 7 nitrogen and oxygen atoms in total. The summed E-state index contributed by atoms with van der Waals surface area (Å²) in [5, 5.41) is 10.2. The summed E-state index contributed by atoms with van der Waals surface area (Å²) in [7, 11) is 0. The van der Waals surface area contributed by atoms with Crippen molar-refractivity contribution in [3.05, 3.63) is 12.7 Å². The van der Waals surface area contributed by atoms with Crippen LogP contribution >= 0.6 is 27.7 Å². The van der Waals surface area contributed by atoms with Crippen LogP contribution in [-0.4, -0.2) is 85.9 Å². The van der Waals surface area contributed by atoms with Gasteiger partial charge in [0.1, 0.15) is 6.04 Å². The fourth-order valence-corrected chi connectivity index (χ4v) is 9.82. The van der Waals surface area contributed by atoms with Gasteiger partial charge in [-0.25, -0.2) is 0 Å². The van der Waals surface area contributed by atoms with Crippen molar-refractivity contribution in [1.29, 1.82) is 0 Å². The summed E-state index contributed by atoms with van der Waals surface area (Å²) in [6, 6.07) is -1.21. The maximum absolute atomic E-state index is 14.3. The van der Waals surface area contributed by atoms with Crippen LogP contribution in [0.25, 0.3) is 0 Å². The molecule has 9 heteroatoms. The zero-order chi connectivity index (χ0) is 25.9. The number of thioether (sulfide) groups is 1. The van der Waals surface area contributed by atoms with Gasteiger partial charge in [-0.05, 0) is 32.1 Å². The number of esters is 1. The Balaban J connectivity index is 2.08. The topological polar surface area (TPSA) is 87.2 Å². The Morgan fingerprint density at radius 3 is 2.66 bits per heavy atom. The number of hydrogen-bond acceptors (Lipinski definition) is 6. The minimum Gasteiger partial charge on any atom is -0.466 e. The van der Waals surface area contributed by atoms with Crippen molar-refractivity contribution in [2.24, 2.45) is 17.8 Å². The number of fused-ring (bicyclic) bond motifs is 1. The van der Waals surface area contributed by atoms with Gasteiger partial charge in [0.25, 0.3) is 0 Å². The number of likely N-dealkylation sites (tertiary alicyclic amines) is 1. The van der Waals surface area contributed by atoms with Crippen LogP contribution in [0.3, 0.4) is 0 Å². The van der Waals surface area contributed by atoms with Gasteiger partial charge < -0.3 is 19.6 Å². The van der Waals surface area contributed by atoms with E-state index < -0.39 is 28.7 Å². The van der Waals surface area contributed by atoms with E-state index in [4.69, 9.17) is 4.74 Å². The molecular formula is C26H41BrN2O5S. The molecule has 1 spiro atoms. The number of halogens is 1. The first kappa shape index (κ1) is 28.5. The number of aliphatic hydroxyl groups excluding tert-OH is 1. The molecule has 7 atom stereocenters. The molecule has 35 heavy (non-hydrogen) atoms. The van der Waals surface area contributed by atoms with Crippen LogP contribution in [0.2, 0.25) is 0 Å². The number of ether oxygens (including phenoxy) is 1. The van der Waals surface area contributed by atoms with Gasteiger partial charge in [-0.3, -0.25) is 14.4 Å². The lowest BCUT2D eigenvalue weighted by atomic mass is 9.71. The van der Waals surface area contributed by atoms with Crippen LogP contribution in [-0.2, 0) is 19.1 Å². The highest BCUT2D eigenvalue weighted by Gasteiger charge is 2.76. The molecule has 0 saturated carbocycles. The summed E-state index contributed by atoms with van der Waals surface area (Å²) in [6.45, 7) is 12.9. The van der Waals surface area contributed by atoms with Gasteiger partial charge in [-0.1, -0.05) is 55.6 Å². The van der Waals surface area contributed by atoms with Gasteiger partial charge >= 0.3 is 5.97 Å². The van der Waals surface area contributed by atoms with Crippen molar-refractivity contribution in [2.45, 2.75) is 86.7 Å². The number of hydrogen-bond donors (Lipinski definition) is 1. The van der Waals surface area contributed by atoms with Crippen molar-refractivity contribution < 1.29 is 24.2 Å². The molecule has 0 aromatic heterocycles. The Labute approximate surface area is 222 Å². The fraction of sp³-hybridized carbons (Fsp3) is 0.808. The number of carbonyl (C=O) groups is 3. The molecule has 2 bridgehead atoms. The van der Waals surface area contributed by atoms with Crippen LogP contribution in [0.4, 0.5) is 0 Å². The van der Waals surface area contributed by atoms with Crippen LogP contribution in [0.1, 0.15) is 59.8 Å². The second-order valence-electron chi connectivity index (χ2n) is 10.4. The first-order valence-corrected chi connectivity index (χ1v) is 14.8. The number of nitrogens with zero attached hydrogens (tertiary/aromatic N) is 2. The summed E-state index contributed by atoms with van der Waals surface area (Å²) < 4.78 is 4.69. The van der Waals surface area contributed by atoms with E-state index in [1.807, 2.05) is 18.7 Å². The minimum absolute atomic E-state index is 0.00632. The highest BCUT2D eigenvalue weighted by atomic mass is 79.9. The Morgan fingerprint density at radius 2 is 2.09 bits per heavy atom. The van der Waals surface area contributed by atoms with Crippen molar-refractivity contribution in [1.82, 2.24) is 9.80 Å². The smallest absolute Gasteiger partial charge is 0.310 e. The van der Waals surface area contributed by atoms with Gasteiger partial charge in [0.15, 0.2) is 0 Å². The molecule has 0 radical (unpaired) electrons. The molecular weight excluding hydrogens is 532 g/mol. The Bertz CT molecular complexity index is 811. The highest BCUT2D eigenvalue weighted by molar-refractivity contribution is 9.09. The first-order chi connectivity index (χ1) is 16.7. The maximum Gasteiger partial charge on any atom is 0.310 e. The van der Waals surface area contributed by atoms with E-state index in [0.717, 1.165) is 19.3 Å². The van der Waals surface area contributed by atoms with Gasteiger partial charge in [-0.15, -0.1) is 18.3 Å². The van der Waals surface area contributed by atoms with Crippen molar-refractivity contribution in [3.8, 4) is 0 Å². The molecule has 3 fully saturated rings. The van der Waals surface area contributed by atoms with E-state index in [2.05, 4.69) is 29.4 Å². The first-order valence-electron chi connectivity index (χ1n) is 13.0. The van der Waals surface area contributed by atoms with E-state index >= 15 is 0 Å². The Kier molecular flexibility index (Phi) is 9.77. The zero-order valence-corrected chi connectivity index (χ0v) is 23.9. The standard InChI is InChI=1S/C26H41BrN2O5S/c1-6-9-10-12-28(11-7-2)24(32)22-26-14-18(27)21(35-26)19(25(33)34-8-3)20(26)23(31)29(22)17(15-30)13-16(4)5/h7,16-22,30H,2,6,8-15H2,1,3-5H3/t17-,18?,19+,20+,21+,22?,26?/m1/s1. The molecule has 3 aliphatic heterocycles. The van der Waals surface area contributed by atoms with Crippen LogP contribution < -0.4 is 0 Å². The number of aliphatic hydroxyl groups is 1. The Morgan fingerprint density at radius 1 is 1.37 bits per heavy atom. The number of alkyl halides is 1. The van der Waals surface area contributed by atoms with Gasteiger partial charge in [0.2, 0.25) is 11.8 Å². The number of rotatable bonds is 13. The lowest BCUT2D eigenvalue weighted by Gasteiger charge is -2.40. The molecule has 0 aromatic carbocycles. The van der Waals surface area contributed by atoms with E-state index in [9.17, 15) is 19.5 Å². The summed E-state index contributed by atoms with van der Waals surface area (Å²) in [5.41, 5.74) is 0. The summed E-state index contributed by atoms with van der Waals surface area (Å²) >= 11 is 5.38. The summed E-state index contributed by atoms with van der Waals surface area (Å²) in [4.78, 5) is 45.0. The second-order valence-corrected chi connectivity index (χ2v) is 13.1. The average Bonchev–Trinajstić information content (AvgIpc) is 3.40. The van der Waals surface area contributed by atoms with Gasteiger partial charge in [0, 0.05) is 23.2 Å². The highest BCUT2D eigenvalue weighted by Crippen LogP contribution is 2.68. The zero-order valence-electron chi connectivity index (χ0n) is 21.5. The summed E-state index contributed by atoms with van der Waals surface area (Å²) in [5.74, 6) is -1.65. The average molecular weight is 574 g/mol. The molecule has 2 amide bonds. The lowest BCUT2D eigenvalue weighted by Crippen LogP contribution is -2.58. The second kappa shape index (κ2) is 12.0. The predicted octanol–water partition coefficient (Wildman–Crippen LogP) is 3.63. The van der Waals surface area contributed by atoms with E-state index in [0.29, 0.717) is 25.9 Å². The molecule has 0 aliphatic carbocycles. The molecule has 3 unspecified atom stereocenters. The molecule has 3 aliphatic rings.